The Hall–Kier alpha value is -2.97. The molecule has 0 aliphatic carbocycles. The first-order chi connectivity index (χ1) is 12.8. The first-order valence-electron chi connectivity index (χ1n) is 8.27. The molecule has 140 valence electrons. The minimum absolute atomic E-state index is 0.0893. The van der Waals surface area contributed by atoms with Gasteiger partial charge >= 0.3 is 0 Å². The summed E-state index contributed by atoms with van der Waals surface area (Å²) in [5.74, 6) is -0.258. The van der Waals surface area contributed by atoms with Crippen LogP contribution in [0.15, 0.2) is 66.3 Å². The van der Waals surface area contributed by atoms with E-state index in [-0.39, 0.29) is 17.3 Å². The molecule has 0 aliphatic heterocycles. The zero-order valence-corrected chi connectivity index (χ0v) is 16.0. The van der Waals surface area contributed by atoms with Crippen LogP contribution >= 0.6 is 0 Å². The lowest BCUT2D eigenvalue weighted by Crippen LogP contribution is -2.39. The van der Waals surface area contributed by atoms with Gasteiger partial charge in [0, 0.05) is 19.8 Å². The van der Waals surface area contributed by atoms with E-state index < -0.39 is 10.0 Å². The number of amides is 1. The number of nitrogens with one attached hydrogen (secondary N) is 1. The second-order valence-corrected chi connectivity index (χ2v) is 8.34. The molecule has 1 amide bonds. The Kier molecular flexibility index (Phi) is 5.11. The minimum atomic E-state index is -3.56. The second kappa shape index (κ2) is 7.34. The molecular weight excluding hydrogens is 364 g/mol. The van der Waals surface area contributed by atoms with Crippen LogP contribution in [-0.2, 0) is 21.4 Å². The van der Waals surface area contributed by atoms with Crippen molar-refractivity contribution in [3.63, 3.8) is 0 Å². The van der Waals surface area contributed by atoms with E-state index in [1.54, 1.807) is 24.7 Å². The summed E-state index contributed by atoms with van der Waals surface area (Å²) >= 11 is 0. The molecule has 27 heavy (non-hydrogen) atoms. The van der Waals surface area contributed by atoms with Crippen LogP contribution in [0.25, 0.3) is 17.2 Å². The molecule has 1 heterocycles. The fourth-order valence-electron chi connectivity index (χ4n) is 2.77. The molecular formula is C19H21N4O3S+. The van der Waals surface area contributed by atoms with E-state index in [2.05, 4.69) is 11.9 Å². The lowest BCUT2D eigenvalue weighted by Gasteiger charge is -2.12. The summed E-state index contributed by atoms with van der Waals surface area (Å²) in [5.41, 5.74) is 2.27. The predicted molar refractivity (Wildman–Crippen MR) is 104 cm³/mol. The van der Waals surface area contributed by atoms with Crippen LogP contribution in [-0.4, -0.2) is 37.3 Å². The van der Waals surface area contributed by atoms with Crippen LogP contribution in [0.1, 0.15) is 0 Å². The second-order valence-electron chi connectivity index (χ2n) is 6.19. The van der Waals surface area contributed by atoms with Gasteiger partial charge in [-0.25, -0.2) is 21.9 Å². The van der Waals surface area contributed by atoms with E-state index >= 15 is 0 Å². The van der Waals surface area contributed by atoms with Gasteiger partial charge in [0.25, 0.3) is 5.91 Å². The molecule has 0 unspecified atom stereocenters. The highest BCUT2D eigenvalue weighted by Crippen LogP contribution is 2.18. The molecule has 3 aromatic rings. The molecule has 0 spiro atoms. The number of imidazole rings is 1. The van der Waals surface area contributed by atoms with E-state index in [1.807, 2.05) is 33.4 Å². The van der Waals surface area contributed by atoms with E-state index in [1.165, 1.54) is 26.2 Å². The maximum atomic E-state index is 12.5. The predicted octanol–water partition coefficient (Wildman–Crippen LogP) is 1.92. The van der Waals surface area contributed by atoms with Gasteiger partial charge in [-0.1, -0.05) is 24.8 Å². The zero-order chi connectivity index (χ0) is 19.6. The monoisotopic (exact) mass is 385 g/mol. The molecule has 0 saturated heterocycles. The van der Waals surface area contributed by atoms with Crippen LogP contribution in [0.2, 0.25) is 0 Å². The highest BCUT2D eigenvalue weighted by atomic mass is 32.2. The Morgan fingerprint density at radius 1 is 1.22 bits per heavy atom. The molecule has 3 rings (SSSR count). The first kappa shape index (κ1) is 18.8. The van der Waals surface area contributed by atoms with Crippen molar-refractivity contribution in [1.82, 2.24) is 8.87 Å². The standard InChI is InChI=1S/C19H20N4O3S/c1-4-22-14-23(18-11-6-5-10-17(18)22)13-19(24)20-15-8-7-9-16(12-15)27(25,26)21(2)3/h4-12,14H,1,13H2,2-3H3/p+1. The number of para-hydroxylation sites is 2. The number of nitrogens with zero attached hydrogens (tertiary/aromatic N) is 3. The summed E-state index contributed by atoms with van der Waals surface area (Å²) < 4.78 is 29.3. The van der Waals surface area contributed by atoms with Crippen LogP contribution in [0.5, 0.6) is 0 Å². The maximum Gasteiger partial charge on any atom is 0.266 e. The van der Waals surface area contributed by atoms with Crippen molar-refractivity contribution in [3.05, 3.63) is 61.4 Å². The van der Waals surface area contributed by atoms with Gasteiger partial charge in [0.2, 0.25) is 16.4 Å². The largest absolute Gasteiger partial charge is 0.323 e. The Balaban J connectivity index is 1.82. The third-order valence-electron chi connectivity index (χ3n) is 4.14. The third-order valence-corrected chi connectivity index (χ3v) is 5.95. The van der Waals surface area contributed by atoms with Crippen molar-refractivity contribution in [3.8, 4) is 0 Å². The van der Waals surface area contributed by atoms with E-state index in [0.29, 0.717) is 5.69 Å². The van der Waals surface area contributed by atoms with Gasteiger partial charge in [-0.05, 0) is 30.3 Å². The topological polar surface area (TPSA) is 75.3 Å². The highest BCUT2D eigenvalue weighted by Gasteiger charge is 2.19. The van der Waals surface area contributed by atoms with Gasteiger partial charge in [-0.2, -0.15) is 0 Å². The summed E-state index contributed by atoms with van der Waals surface area (Å²) in [5, 5.41) is 2.76. The van der Waals surface area contributed by atoms with Crippen molar-refractivity contribution < 1.29 is 17.8 Å². The number of carbonyl (C=O) groups is 1. The fraction of sp³-hybridized carbons (Fsp3) is 0.158. The number of rotatable bonds is 6. The van der Waals surface area contributed by atoms with Crippen LogP contribution in [0.3, 0.4) is 0 Å². The van der Waals surface area contributed by atoms with Crippen molar-refractivity contribution >= 4 is 38.9 Å². The lowest BCUT2D eigenvalue weighted by molar-refractivity contribution is -0.658. The van der Waals surface area contributed by atoms with E-state index in [4.69, 9.17) is 0 Å². The summed E-state index contributed by atoms with van der Waals surface area (Å²) in [6.07, 6.45) is 3.47. The number of hydrogen-bond donors (Lipinski definition) is 1. The van der Waals surface area contributed by atoms with Gasteiger partial charge < -0.3 is 5.32 Å². The van der Waals surface area contributed by atoms with Crippen molar-refractivity contribution in [2.75, 3.05) is 19.4 Å². The van der Waals surface area contributed by atoms with Gasteiger partial charge in [0.1, 0.15) is 0 Å². The number of benzene rings is 2. The maximum absolute atomic E-state index is 12.5. The van der Waals surface area contributed by atoms with Gasteiger partial charge in [0.05, 0.1) is 11.1 Å². The van der Waals surface area contributed by atoms with Crippen molar-refractivity contribution in [2.24, 2.45) is 0 Å². The van der Waals surface area contributed by atoms with Crippen molar-refractivity contribution in [2.45, 2.75) is 11.4 Å². The van der Waals surface area contributed by atoms with Crippen LogP contribution < -0.4 is 9.88 Å². The molecule has 8 heteroatoms. The van der Waals surface area contributed by atoms with Crippen LogP contribution in [0, 0.1) is 0 Å². The number of carbonyl (C=O) groups excluding carboxylic acids is 1. The summed E-state index contributed by atoms with van der Waals surface area (Å²) in [4.78, 5) is 12.6. The molecule has 0 atom stereocenters. The Labute approximate surface area is 158 Å². The molecule has 0 saturated carbocycles. The molecule has 0 fully saturated rings. The zero-order valence-electron chi connectivity index (χ0n) is 15.2. The van der Waals surface area contributed by atoms with Crippen LogP contribution in [0.4, 0.5) is 5.69 Å². The molecule has 1 aromatic heterocycles. The molecule has 2 aromatic carbocycles. The van der Waals surface area contributed by atoms with Gasteiger partial charge in [0.15, 0.2) is 17.6 Å². The quantitative estimate of drug-likeness (QED) is 0.659. The number of anilines is 1. The lowest BCUT2D eigenvalue weighted by atomic mass is 10.3. The smallest absolute Gasteiger partial charge is 0.266 e. The average molecular weight is 385 g/mol. The number of fused-ring (bicyclic) bond motifs is 1. The summed E-state index contributed by atoms with van der Waals surface area (Å²) in [6.45, 7) is 3.87. The Morgan fingerprint density at radius 2 is 1.96 bits per heavy atom. The Bertz CT molecular complexity index is 1120. The Morgan fingerprint density at radius 3 is 2.67 bits per heavy atom. The molecule has 1 N–H and O–H groups in total. The highest BCUT2D eigenvalue weighted by molar-refractivity contribution is 7.89. The number of hydrogen-bond acceptors (Lipinski definition) is 3. The molecule has 0 aliphatic rings. The van der Waals surface area contributed by atoms with E-state index in [9.17, 15) is 13.2 Å². The minimum Gasteiger partial charge on any atom is -0.323 e. The molecule has 7 nitrogen and oxygen atoms in total. The van der Waals surface area contributed by atoms with E-state index in [0.717, 1.165) is 15.3 Å². The first-order valence-corrected chi connectivity index (χ1v) is 9.71. The normalized spacial score (nSPS) is 11.7. The van der Waals surface area contributed by atoms with Crippen molar-refractivity contribution in [1.29, 1.82) is 0 Å². The fourth-order valence-corrected chi connectivity index (χ4v) is 3.72. The number of sulfonamides is 1. The SMILES string of the molecule is C=Cn1c[n+](CC(=O)Nc2cccc(S(=O)(=O)N(C)C)c2)c2ccccc21. The van der Waals surface area contributed by atoms with Gasteiger partial charge in [-0.3, -0.25) is 4.79 Å². The molecule has 0 bridgehead atoms. The molecule has 0 radical (unpaired) electrons. The summed E-state index contributed by atoms with van der Waals surface area (Å²) in [7, 11) is -0.631. The summed E-state index contributed by atoms with van der Waals surface area (Å²) in [6, 6.07) is 13.9. The van der Waals surface area contributed by atoms with Gasteiger partial charge in [-0.15, -0.1) is 0 Å². The third kappa shape index (κ3) is 3.76. The number of aromatic nitrogens is 2. The average Bonchev–Trinajstić information content (AvgIpc) is 2.99.